The predicted molar refractivity (Wildman–Crippen MR) is 86.2 cm³/mol. The number of rotatable bonds is 5. The lowest BCUT2D eigenvalue weighted by atomic mass is 10.1. The number of carbonyl (C=O) groups excluding carboxylic acids is 1. The van der Waals surface area contributed by atoms with Gasteiger partial charge in [0.15, 0.2) is 0 Å². The summed E-state index contributed by atoms with van der Waals surface area (Å²) >= 11 is 0. The summed E-state index contributed by atoms with van der Waals surface area (Å²) in [7, 11) is 1.68. The minimum atomic E-state index is -1.03. The van der Waals surface area contributed by atoms with Crippen LogP contribution in [-0.2, 0) is 24.2 Å². The van der Waals surface area contributed by atoms with Gasteiger partial charge in [0, 0.05) is 13.5 Å². The molecule has 2 heterocycles. The van der Waals surface area contributed by atoms with Gasteiger partial charge in [-0.3, -0.25) is 4.79 Å². The van der Waals surface area contributed by atoms with E-state index in [4.69, 9.17) is 14.3 Å². The lowest BCUT2D eigenvalue weighted by Gasteiger charge is -2.16. The van der Waals surface area contributed by atoms with E-state index in [9.17, 15) is 9.59 Å². The molecule has 6 nitrogen and oxygen atoms in total. The zero-order valence-electron chi connectivity index (χ0n) is 13.7. The van der Waals surface area contributed by atoms with Crippen LogP contribution in [0, 0.1) is 6.92 Å². The molecule has 0 aliphatic carbocycles. The van der Waals surface area contributed by atoms with Gasteiger partial charge in [0.25, 0.3) is 0 Å². The molecule has 0 unspecified atom stereocenters. The molecule has 0 saturated heterocycles. The molecule has 0 fully saturated rings. The minimum absolute atomic E-state index is 0.0557. The normalized spacial score (nSPS) is 12.6. The van der Waals surface area contributed by atoms with E-state index in [-0.39, 0.29) is 24.4 Å². The van der Waals surface area contributed by atoms with Crippen LogP contribution in [0.15, 0.2) is 28.7 Å². The molecule has 2 aromatic rings. The van der Waals surface area contributed by atoms with Gasteiger partial charge in [-0.2, -0.15) is 0 Å². The SMILES string of the molecule is Cc1oc(CN(C)C(=O)Cc2ccc3c(c2)CCO3)cc1C(=O)O. The van der Waals surface area contributed by atoms with Gasteiger partial charge in [0.05, 0.1) is 19.6 Å². The Morgan fingerprint density at radius 3 is 2.79 bits per heavy atom. The van der Waals surface area contributed by atoms with Crippen LogP contribution < -0.4 is 4.74 Å². The lowest BCUT2D eigenvalue weighted by Crippen LogP contribution is -2.27. The van der Waals surface area contributed by atoms with Crippen molar-refractivity contribution in [2.24, 2.45) is 0 Å². The number of amides is 1. The van der Waals surface area contributed by atoms with E-state index in [0.717, 1.165) is 23.3 Å². The van der Waals surface area contributed by atoms with Crippen molar-refractivity contribution in [1.82, 2.24) is 4.90 Å². The van der Waals surface area contributed by atoms with Crippen LogP contribution >= 0.6 is 0 Å². The third-order valence-corrected chi connectivity index (χ3v) is 4.13. The molecule has 0 saturated carbocycles. The number of benzene rings is 1. The zero-order valence-corrected chi connectivity index (χ0v) is 13.7. The van der Waals surface area contributed by atoms with Crippen molar-refractivity contribution in [3.8, 4) is 5.75 Å². The molecule has 1 aliphatic rings. The molecule has 126 valence electrons. The van der Waals surface area contributed by atoms with Crippen molar-refractivity contribution in [2.75, 3.05) is 13.7 Å². The summed E-state index contributed by atoms with van der Waals surface area (Å²) in [6, 6.07) is 7.28. The van der Waals surface area contributed by atoms with Gasteiger partial charge in [-0.25, -0.2) is 4.79 Å². The summed E-state index contributed by atoms with van der Waals surface area (Å²) in [4.78, 5) is 25.0. The molecule has 3 rings (SSSR count). The van der Waals surface area contributed by atoms with Crippen molar-refractivity contribution in [1.29, 1.82) is 0 Å². The highest BCUT2D eigenvalue weighted by molar-refractivity contribution is 5.88. The first-order valence-corrected chi connectivity index (χ1v) is 7.75. The van der Waals surface area contributed by atoms with E-state index in [2.05, 4.69) is 0 Å². The summed E-state index contributed by atoms with van der Waals surface area (Å²) in [6.07, 6.45) is 1.16. The smallest absolute Gasteiger partial charge is 0.339 e. The summed E-state index contributed by atoms with van der Waals surface area (Å²) in [6.45, 7) is 2.53. The topological polar surface area (TPSA) is 80.0 Å². The third-order valence-electron chi connectivity index (χ3n) is 4.13. The van der Waals surface area contributed by atoms with Crippen LogP contribution in [0.1, 0.15) is 33.0 Å². The average Bonchev–Trinajstić information content (AvgIpc) is 3.13. The number of carboxylic acids is 1. The highest BCUT2D eigenvalue weighted by atomic mass is 16.5. The molecule has 0 bridgehead atoms. The van der Waals surface area contributed by atoms with Gasteiger partial charge >= 0.3 is 5.97 Å². The van der Waals surface area contributed by atoms with E-state index in [1.807, 2.05) is 18.2 Å². The maximum atomic E-state index is 12.4. The maximum Gasteiger partial charge on any atom is 0.339 e. The number of carbonyl (C=O) groups is 2. The van der Waals surface area contributed by atoms with Crippen molar-refractivity contribution in [3.05, 3.63) is 52.5 Å². The quantitative estimate of drug-likeness (QED) is 0.911. The molecule has 1 aromatic heterocycles. The standard InChI is InChI=1S/C18H19NO5/c1-11-15(18(21)22)9-14(24-11)10-19(2)17(20)8-12-3-4-16-13(7-12)5-6-23-16/h3-4,7,9H,5-6,8,10H2,1-2H3,(H,21,22). The van der Waals surface area contributed by atoms with Crippen LogP contribution in [0.2, 0.25) is 0 Å². The summed E-state index contributed by atoms with van der Waals surface area (Å²) < 4.78 is 10.9. The van der Waals surface area contributed by atoms with Gasteiger partial charge in [0.1, 0.15) is 22.8 Å². The molecule has 0 spiro atoms. The van der Waals surface area contributed by atoms with Gasteiger partial charge in [0.2, 0.25) is 5.91 Å². The number of ether oxygens (including phenoxy) is 1. The lowest BCUT2D eigenvalue weighted by molar-refractivity contribution is -0.129. The number of aromatic carboxylic acids is 1. The summed E-state index contributed by atoms with van der Waals surface area (Å²) in [5, 5.41) is 9.04. The van der Waals surface area contributed by atoms with E-state index in [0.29, 0.717) is 18.1 Å². The zero-order chi connectivity index (χ0) is 17.3. The Hall–Kier alpha value is -2.76. The number of hydrogen-bond acceptors (Lipinski definition) is 4. The predicted octanol–water partition coefficient (Wildman–Crippen LogP) is 2.42. The van der Waals surface area contributed by atoms with Crippen molar-refractivity contribution < 1.29 is 23.8 Å². The van der Waals surface area contributed by atoms with Crippen molar-refractivity contribution in [2.45, 2.75) is 26.3 Å². The monoisotopic (exact) mass is 329 g/mol. The molecule has 0 atom stereocenters. The summed E-state index contributed by atoms with van der Waals surface area (Å²) in [5.41, 5.74) is 2.21. The highest BCUT2D eigenvalue weighted by Crippen LogP contribution is 2.26. The Balaban J connectivity index is 1.64. The number of furan rings is 1. The Bertz CT molecular complexity index is 793. The number of carboxylic acid groups (broad SMARTS) is 1. The first-order chi connectivity index (χ1) is 11.4. The Morgan fingerprint density at radius 2 is 2.08 bits per heavy atom. The second-order valence-electron chi connectivity index (χ2n) is 5.95. The van der Waals surface area contributed by atoms with Gasteiger partial charge in [-0.05, 0) is 30.2 Å². The number of likely N-dealkylation sites (N-methyl/N-ethyl adjacent to an activating group) is 1. The molecule has 1 aromatic carbocycles. The highest BCUT2D eigenvalue weighted by Gasteiger charge is 2.18. The molecular weight excluding hydrogens is 310 g/mol. The first kappa shape index (κ1) is 16.1. The molecular formula is C18H19NO5. The fraction of sp³-hybridized carbons (Fsp3) is 0.333. The van der Waals surface area contributed by atoms with Gasteiger partial charge < -0.3 is 19.2 Å². The molecule has 1 amide bonds. The number of aryl methyl sites for hydroxylation is 1. The molecule has 1 N–H and O–H groups in total. The average molecular weight is 329 g/mol. The van der Waals surface area contributed by atoms with Crippen molar-refractivity contribution >= 4 is 11.9 Å². The van der Waals surface area contributed by atoms with Crippen LogP contribution in [0.3, 0.4) is 0 Å². The van der Waals surface area contributed by atoms with Gasteiger partial charge in [-0.1, -0.05) is 12.1 Å². The first-order valence-electron chi connectivity index (χ1n) is 7.75. The Morgan fingerprint density at radius 1 is 1.29 bits per heavy atom. The minimum Gasteiger partial charge on any atom is -0.493 e. The summed E-state index contributed by atoms with van der Waals surface area (Å²) in [5.74, 6) is 0.614. The Labute approximate surface area is 139 Å². The van der Waals surface area contributed by atoms with E-state index in [1.165, 1.54) is 11.0 Å². The number of fused-ring (bicyclic) bond motifs is 1. The van der Waals surface area contributed by atoms with Crippen LogP contribution in [-0.4, -0.2) is 35.5 Å². The van der Waals surface area contributed by atoms with Crippen molar-refractivity contribution in [3.63, 3.8) is 0 Å². The number of nitrogens with zero attached hydrogens (tertiary/aromatic N) is 1. The van der Waals surface area contributed by atoms with Crippen LogP contribution in [0.5, 0.6) is 5.75 Å². The van der Waals surface area contributed by atoms with Gasteiger partial charge in [-0.15, -0.1) is 0 Å². The molecule has 0 radical (unpaired) electrons. The third kappa shape index (κ3) is 3.27. The molecule has 24 heavy (non-hydrogen) atoms. The second kappa shape index (κ2) is 6.39. The van der Waals surface area contributed by atoms with E-state index < -0.39 is 5.97 Å². The molecule has 1 aliphatic heterocycles. The maximum absolute atomic E-state index is 12.4. The van der Waals surface area contributed by atoms with E-state index >= 15 is 0 Å². The molecule has 6 heteroatoms. The van der Waals surface area contributed by atoms with E-state index in [1.54, 1.807) is 14.0 Å². The fourth-order valence-corrected chi connectivity index (χ4v) is 2.82. The number of hydrogen-bond donors (Lipinski definition) is 1. The van der Waals surface area contributed by atoms with Crippen LogP contribution in [0.4, 0.5) is 0 Å². The fourth-order valence-electron chi connectivity index (χ4n) is 2.82. The van der Waals surface area contributed by atoms with Crippen LogP contribution in [0.25, 0.3) is 0 Å². The largest absolute Gasteiger partial charge is 0.493 e. The second-order valence-corrected chi connectivity index (χ2v) is 5.95. The Kier molecular flexibility index (Phi) is 4.29.